The van der Waals surface area contributed by atoms with Crippen LogP contribution in [0.3, 0.4) is 0 Å². The van der Waals surface area contributed by atoms with E-state index in [4.69, 9.17) is 4.74 Å². The molecule has 3 heteroatoms. The number of hydrogen-bond donors (Lipinski definition) is 1. The Labute approximate surface area is 130 Å². The van der Waals surface area contributed by atoms with Crippen molar-refractivity contribution in [3.05, 3.63) is 33.4 Å². The summed E-state index contributed by atoms with van der Waals surface area (Å²) < 4.78 is 6.81. The Morgan fingerprint density at radius 2 is 2.16 bits per heavy atom. The van der Waals surface area contributed by atoms with Gasteiger partial charge < -0.3 is 10.1 Å². The molecule has 2 nitrogen and oxygen atoms in total. The number of benzene rings is 1. The summed E-state index contributed by atoms with van der Waals surface area (Å²) in [4.78, 5) is 0. The molecule has 2 atom stereocenters. The highest BCUT2D eigenvalue weighted by Gasteiger charge is 2.20. The molecule has 0 bridgehead atoms. The maximum Gasteiger partial charge on any atom is 0.0495 e. The Morgan fingerprint density at radius 1 is 1.37 bits per heavy atom. The first-order chi connectivity index (χ1) is 9.28. The molecular weight excluding hydrogens is 349 g/mol. The lowest BCUT2D eigenvalue weighted by atomic mass is 9.94. The second-order valence-corrected chi connectivity index (χ2v) is 6.69. The minimum Gasteiger partial charge on any atom is -0.381 e. The minimum absolute atomic E-state index is 0.590. The lowest BCUT2D eigenvalue weighted by molar-refractivity contribution is 0.181. The van der Waals surface area contributed by atoms with E-state index in [0.717, 1.165) is 32.1 Å². The van der Waals surface area contributed by atoms with Crippen molar-refractivity contribution in [2.24, 2.45) is 5.92 Å². The molecule has 1 saturated heterocycles. The van der Waals surface area contributed by atoms with Crippen LogP contribution in [-0.2, 0) is 11.2 Å². The monoisotopic (exact) mass is 373 g/mol. The molecule has 1 N–H and O–H groups in total. The molecule has 0 amide bonds. The molecule has 1 fully saturated rings. The Kier molecular flexibility index (Phi) is 6.61. The van der Waals surface area contributed by atoms with Crippen LogP contribution in [0.25, 0.3) is 0 Å². The first kappa shape index (κ1) is 15.3. The van der Waals surface area contributed by atoms with Crippen LogP contribution in [0.5, 0.6) is 0 Å². The van der Waals surface area contributed by atoms with Gasteiger partial charge in [0.1, 0.15) is 0 Å². The van der Waals surface area contributed by atoms with Gasteiger partial charge in [-0.05, 0) is 78.4 Å². The van der Waals surface area contributed by atoms with Crippen molar-refractivity contribution in [3.8, 4) is 0 Å². The Bertz CT molecular complexity index is 360. The largest absolute Gasteiger partial charge is 0.381 e. The van der Waals surface area contributed by atoms with E-state index in [9.17, 15) is 0 Å². The maximum absolute atomic E-state index is 5.50. The summed E-state index contributed by atoms with van der Waals surface area (Å²) in [5.74, 6) is 0.748. The molecule has 1 aromatic carbocycles. The normalized spacial score (nSPS) is 20.6. The Balaban J connectivity index is 1.89. The molecule has 0 radical (unpaired) electrons. The van der Waals surface area contributed by atoms with Crippen molar-refractivity contribution in [1.82, 2.24) is 5.32 Å². The third-order valence-corrected chi connectivity index (χ3v) is 4.44. The quantitative estimate of drug-likeness (QED) is 0.737. The average Bonchev–Trinajstić information content (AvgIpc) is 2.91. The summed E-state index contributed by atoms with van der Waals surface area (Å²) in [6, 6.07) is 9.50. The summed E-state index contributed by atoms with van der Waals surface area (Å²) in [5, 5.41) is 3.70. The fourth-order valence-corrected chi connectivity index (χ4v) is 3.02. The number of nitrogens with one attached hydrogen (secondary N) is 1. The summed E-state index contributed by atoms with van der Waals surface area (Å²) in [6.45, 7) is 5.25. The lowest BCUT2D eigenvalue weighted by Crippen LogP contribution is -2.34. The van der Waals surface area contributed by atoms with Crippen molar-refractivity contribution in [2.75, 3.05) is 19.8 Å². The van der Waals surface area contributed by atoms with E-state index < -0.39 is 0 Å². The molecule has 19 heavy (non-hydrogen) atoms. The summed E-state index contributed by atoms with van der Waals surface area (Å²) in [5.41, 5.74) is 1.44. The zero-order chi connectivity index (χ0) is 13.5. The van der Waals surface area contributed by atoms with E-state index in [2.05, 4.69) is 59.1 Å². The summed E-state index contributed by atoms with van der Waals surface area (Å²) in [7, 11) is 0. The fraction of sp³-hybridized carbons (Fsp3) is 0.625. The van der Waals surface area contributed by atoms with Crippen LogP contribution in [0.1, 0.15) is 31.7 Å². The van der Waals surface area contributed by atoms with Gasteiger partial charge in [0.2, 0.25) is 0 Å². The molecule has 106 valence electrons. The molecule has 1 aromatic rings. The van der Waals surface area contributed by atoms with Crippen LogP contribution in [0.2, 0.25) is 0 Å². The predicted molar refractivity (Wildman–Crippen MR) is 88.5 cm³/mol. The topological polar surface area (TPSA) is 21.3 Å². The molecular formula is C16H24INO. The van der Waals surface area contributed by atoms with Gasteiger partial charge in [0.15, 0.2) is 0 Å². The fourth-order valence-electron chi connectivity index (χ4n) is 2.66. The van der Waals surface area contributed by atoms with Crippen molar-refractivity contribution in [2.45, 2.75) is 38.6 Å². The lowest BCUT2D eigenvalue weighted by Gasteiger charge is -2.21. The van der Waals surface area contributed by atoms with E-state index in [-0.39, 0.29) is 0 Å². The molecule has 0 aromatic heterocycles. The summed E-state index contributed by atoms with van der Waals surface area (Å²) >= 11 is 2.36. The maximum atomic E-state index is 5.50. The van der Waals surface area contributed by atoms with Crippen LogP contribution in [0.15, 0.2) is 24.3 Å². The number of halogens is 1. The van der Waals surface area contributed by atoms with Gasteiger partial charge in [0, 0.05) is 22.8 Å². The first-order valence-corrected chi connectivity index (χ1v) is 8.41. The molecule has 2 unspecified atom stereocenters. The van der Waals surface area contributed by atoms with E-state index in [1.807, 2.05) is 0 Å². The zero-order valence-corrected chi connectivity index (χ0v) is 13.9. The molecule has 0 spiro atoms. The Hall–Kier alpha value is -0.130. The highest BCUT2D eigenvalue weighted by Crippen LogP contribution is 2.20. The smallest absolute Gasteiger partial charge is 0.0495 e. The van der Waals surface area contributed by atoms with E-state index >= 15 is 0 Å². The standard InChI is InChI=1S/C16H24INO/c1-2-8-18-16(11-14-7-9-19-12-14)10-13-3-5-15(17)6-4-13/h3-6,14,16,18H,2,7-12H2,1H3. The van der Waals surface area contributed by atoms with Crippen molar-refractivity contribution in [1.29, 1.82) is 0 Å². The Morgan fingerprint density at radius 3 is 2.79 bits per heavy atom. The van der Waals surface area contributed by atoms with Gasteiger partial charge in [-0.1, -0.05) is 19.1 Å². The minimum atomic E-state index is 0.590. The molecule has 0 aliphatic carbocycles. The third kappa shape index (κ3) is 5.40. The van der Waals surface area contributed by atoms with Crippen LogP contribution < -0.4 is 5.32 Å². The second kappa shape index (κ2) is 8.22. The second-order valence-electron chi connectivity index (χ2n) is 5.45. The zero-order valence-electron chi connectivity index (χ0n) is 11.7. The van der Waals surface area contributed by atoms with Gasteiger partial charge >= 0.3 is 0 Å². The average molecular weight is 373 g/mol. The molecule has 1 heterocycles. The van der Waals surface area contributed by atoms with Gasteiger partial charge in [-0.15, -0.1) is 0 Å². The van der Waals surface area contributed by atoms with Crippen molar-refractivity contribution >= 4 is 22.6 Å². The van der Waals surface area contributed by atoms with Crippen LogP contribution in [-0.4, -0.2) is 25.8 Å². The van der Waals surface area contributed by atoms with Crippen molar-refractivity contribution < 1.29 is 4.74 Å². The molecule has 1 aliphatic rings. The van der Waals surface area contributed by atoms with Crippen molar-refractivity contribution in [3.63, 3.8) is 0 Å². The van der Waals surface area contributed by atoms with Gasteiger partial charge in [-0.3, -0.25) is 0 Å². The SMILES string of the molecule is CCCNC(Cc1ccc(I)cc1)CC1CCOC1. The highest BCUT2D eigenvalue weighted by molar-refractivity contribution is 14.1. The molecule has 2 rings (SSSR count). The van der Waals surface area contributed by atoms with Crippen LogP contribution in [0, 0.1) is 9.49 Å². The molecule has 1 aliphatic heterocycles. The predicted octanol–water partition coefficient (Wildman–Crippen LogP) is 3.63. The van der Waals surface area contributed by atoms with E-state index in [0.29, 0.717) is 6.04 Å². The van der Waals surface area contributed by atoms with Gasteiger partial charge in [-0.25, -0.2) is 0 Å². The molecule has 0 saturated carbocycles. The third-order valence-electron chi connectivity index (χ3n) is 3.72. The van der Waals surface area contributed by atoms with Gasteiger partial charge in [0.05, 0.1) is 0 Å². The summed E-state index contributed by atoms with van der Waals surface area (Å²) in [6.07, 6.45) is 4.81. The van der Waals surface area contributed by atoms with E-state index in [1.165, 1.54) is 28.4 Å². The number of ether oxygens (including phenoxy) is 1. The first-order valence-electron chi connectivity index (χ1n) is 7.33. The van der Waals surface area contributed by atoms with Gasteiger partial charge in [-0.2, -0.15) is 0 Å². The number of hydrogen-bond acceptors (Lipinski definition) is 2. The van der Waals surface area contributed by atoms with E-state index in [1.54, 1.807) is 0 Å². The number of rotatable bonds is 7. The van der Waals surface area contributed by atoms with Gasteiger partial charge in [0.25, 0.3) is 0 Å². The highest BCUT2D eigenvalue weighted by atomic mass is 127. The van der Waals surface area contributed by atoms with Crippen LogP contribution in [0.4, 0.5) is 0 Å². The van der Waals surface area contributed by atoms with Crippen LogP contribution >= 0.6 is 22.6 Å².